The molecule has 1 aromatic heterocycles. The standard InChI is InChI=1S/C47H61N5O2.CH3NO/c1-7-9-15-41-34(4)49(6)46(42(41)16-10-8-2)43-29-37-21-22-51(45(53)28-35-17-19-40(20-18-35)50-25-23-48(5)24-26-50)31-39(37)30-44(43)47(54)52-32-38-14-12-11-13-36(38)27-33(52)3;2-1-3/h11-14,17-20,29-30,33H,7-10,15-16,21-28,31-32H2,1-6H3;1H,(H2,2,3)/t33-;/m1./s1. The van der Waals surface area contributed by atoms with E-state index in [1.807, 2.05) is 4.90 Å². The van der Waals surface area contributed by atoms with Crippen molar-refractivity contribution in [1.29, 1.82) is 0 Å². The first kappa shape index (κ1) is 41.7. The van der Waals surface area contributed by atoms with Crippen LogP contribution in [0.25, 0.3) is 11.3 Å². The fourth-order valence-electron chi connectivity index (χ4n) is 9.06. The molecule has 304 valence electrons. The van der Waals surface area contributed by atoms with Crippen molar-refractivity contribution in [3.63, 3.8) is 0 Å². The van der Waals surface area contributed by atoms with Crippen molar-refractivity contribution in [3.05, 3.63) is 111 Å². The van der Waals surface area contributed by atoms with Crippen molar-refractivity contribution < 1.29 is 14.4 Å². The minimum Gasteiger partial charge on any atom is -0.372 e. The number of fused-ring (bicyclic) bond motifs is 2. The van der Waals surface area contributed by atoms with Gasteiger partial charge in [0.1, 0.15) is 0 Å². The lowest BCUT2D eigenvalue weighted by Gasteiger charge is -2.36. The summed E-state index contributed by atoms with van der Waals surface area (Å²) in [5, 5.41) is 0. The molecule has 1 saturated heterocycles. The smallest absolute Gasteiger partial charge is 0.255 e. The molecule has 0 saturated carbocycles. The molecule has 1 fully saturated rings. The van der Waals surface area contributed by atoms with Crippen LogP contribution in [-0.4, -0.2) is 83.3 Å². The number of nitrogens with zero attached hydrogens (tertiary/aromatic N) is 5. The molecular weight excluding hydrogens is 709 g/mol. The summed E-state index contributed by atoms with van der Waals surface area (Å²) in [7, 11) is 4.37. The first-order valence-corrected chi connectivity index (χ1v) is 21.2. The Morgan fingerprint density at radius 3 is 2.12 bits per heavy atom. The Bertz CT molecular complexity index is 2030. The summed E-state index contributed by atoms with van der Waals surface area (Å²) in [4.78, 5) is 46.4. The summed E-state index contributed by atoms with van der Waals surface area (Å²) in [6.07, 6.45) is 8.94. The van der Waals surface area contributed by atoms with E-state index in [9.17, 15) is 4.79 Å². The van der Waals surface area contributed by atoms with Crippen molar-refractivity contribution in [2.24, 2.45) is 12.8 Å². The topological polar surface area (TPSA) is 95.1 Å². The van der Waals surface area contributed by atoms with Crippen LogP contribution in [-0.2, 0) is 61.8 Å². The lowest BCUT2D eigenvalue weighted by Crippen LogP contribution is -2.44. The van der Waals surface area contributed by atoms with Gasteiger partial charge in [0, 0.05) is 81.4 Å². The maximum Gasteiger partial charge on any atom is 0.255 e. The fraction of sp³-hybridized carbons (Fsp3) is 0.479. The Morgan fingerprint density at radius 1 is 0.807 bits per heavy atom. The molecule has 9 nitrogen and oxygen atoms in total. The second kappa shape index (κ2) is 19.0. The summed E-state index contributed by atoms with van der Waals surface area (Å²) < 4.78 is 2.37. The van der Waals surface area contributed by atoms with Crippen LogP contribution in [0.5, 0.6) is 0 Å². The Balaban J connectivity index is 0.00000177. The van der Waals surface area contributed by atoms with Crippen molar-refractivity contribution >= 4 is 23.9 Å². The van der Waals surface area contributed by atoms with Crippen LogP contribution in [0.3, 0.4) is 0 Å². The van der Waals surface area contributed by atoms with Gasteiger partial charge in [0.25, 0.3) is 5.91 Å². The number of piperazine rings is 1. The number of benzene rings is 3. The molecule has 9 heteroatoms. The molecule has 0 bridgehead atoms. The van der Waals surface area contributed by atoms with Crippen molar-refractivity contribution in [2.75, 3.05) is 44.7 Å². The quantitative estimate of drug-likeness (QED) is 0.162. The first-order chi connectivity index (χ1) is 27.6. The minimum atomic E-state index is 0.0897. The molecule has 4 heterocycles. The maximum atomic E-state index is 15.0. The highest BCUT2D eigenvalue weighted by Gasteiger charge is 2.33. The van der Waals surface area contributed by atoms with E-state index in [-0.39, 0.29) is 24.3 Å². The Labute approximate surface area is 340 Å². The highest BCUT2D eigenvalue weighted by atomic mass is 16.2. The third kappa shape index (κ3) is 9.30. The maximum absolute atomic E-state index is 15.0. The SMILES string of the molecule is CCCCc1c(CCCC)c(-c2cc3c(cc2C(=O)N2Cc4ccccc4C[C@H]2C)CN(C(=O)Cc2ccc(N4CCN(C)CC4)cc2)CC3)n(C)c1C.NC=O. The largest absolute Gasteiger partial charge is 0.372 e. The summed E-state index contributed by atoms with van der Waals surface area (Å²) in [6, 6.07) is 21.7. The molecule has 4 aromatic rings. The van der Waals surface area contributed by atoms with Crippen LogP contribution < -0.4 is 10.6 Å². The van der Waals surface area contributed by atoms with Gasteiger partial charge in [-0.2, -0.15) is 0 Å². The molecule has 0 spiro atoms. The average molecular weight is 773 g/mol. The van der Waals surface area contributed by atoms with Crippen LogP contribution >= 0.6 is 0 Å². The van der Waals surface area contributed by atoms with E-state index in [4.69, 9.17) is 4.79 Å². The zero-order valence-corrected chi connectivity index (χ0v) is 35.3. The predicted octanol–water partition coefficient (Wildman–Crippen LogP) is 7.25. The lowest BCUT2D eigenvalue weighted by atomic mass is 9.87. The number of unbranched alkanes of at least 4 members (excludes halogenated alkanes) is 2. The van der Waals surface area contributed by atoms with Gasteiger partial charge in [-0.05, 0) is 123 Å². The zero-order valence-electron chi connectivity index (χ0n) is 35.3. The van der Waals surface area contributed by atoms with Crippen LogP contribution in [0.1, 0.15) is 101 Å². The Hall–Kier alpha value is -4.89. The van der Waals surface area contributed by atoms with Gasteiger partial charge in [0.05, 0.1) is 12.1 Å². The van der Waals surface area contributed by atoms with Gasteiger partial charge in [-0.3, -0.25) is 14.4 Å². The molecule has 3 aliphatic heterocycles. The number of amides is 3. The number of rotatable bonds is 11. The van der Waals surface area contributed by atoms with Gasteiger partial charge < -0.3 is 29.9 Å². The molecule has 3 aromatic carbocycles. The minimum absolute atomic E-state index is 0.0897. The summed E-state index contributed by atoms with van der Waals surface area (Å²) in [6.45, 7) is 15.0. The highest BCUT2D eigenvalue weighted by molar-refractivity contribution is 6.02. The number of carbonyl (C=O) groups excluding carboxylic acids is 3. The normalized spacial score (nSPS) is 16.7. The van der Waals surface area contributed by atoms with Gasteiger partial charge >= 0.3 is 0 Å². The van der Waals surface area contributed by atoms with Gasteiger partial charge in [-0.1, -0.05) is 63.1 Å². The van der Waals surface area contributed by atoms with Gasteiger partial charge in [0.15, 0.2) is 0 Å². The predicted molar refractivity (Wildman–Crippen MR) is 232 cm³/mol. The van der Waals surface area contributed by atoms with Crippen LogP contribution in [0, 0.1) is 6.92 Å². The second-order valence-corrected chi connectivity index (χ2v) is 16.4. The lowest BCUT2D eigenvalue weighted by molar-refractivity contribution is -0.131. The molecule has 0 aliphatic carbocycles. The first-order valence-electron chi connectivity index (χ1n) is 21.2. The Morgan fingerprint density at radius 2 is 1.46 bits per heavy atom. The fourth-order valence-corrected chi connectivity index (χ4v) is 9.06. The van der Waals surface area contributed by atoms with E-state index in [1.54, 1.807) is 0 Å². The van der Waals surface area contributed by atoms with Crippen molar-refractivity contribution in [1.82, 2.24) is 19.3 Å². The molecule has 2 N–H and O–H groups in total. The average Bonchev–Trinajstić information content (AvgIpc) is 3.45. The van der Waals surface area contributed by atoms with E-state index in [0.717, 1.165) is 99.8 Å². The van der Waals surface area contributed by atoms with Gasteiger partial charge in [0.2, 0.25) is 12.3 Å². The second-order valence-electron chi connectivity index (χ2n) is 16.4. The summed E-state index contributed by atoms with van der Waals surface area (Å²) in [5.41, 5.74) is 18.6. The molecule has 57 heavy (non-hydrogen) atoms. The van der Waals surface area contributed by atoms with E-state index < -0.39 is 0 Å². The highest BCUT2D eigenvalue weighted by Crippen LogP contribution is 2.39. The molecule has 3 amide bonds. The number of nitrogens with two attached hydrogens (primary N) is 1. The van der Waals surface area contributed by atoms with E-state index in [2.05, 4.69) is 127 Å². The number of hydrogen-bond donors (Lipinski definition) is 1. The third-order valence-electron chi connectivity index (χ3n) is 12.6. The van der Waals surface area contributed by atoms with E-state index in [0.29, 0.717) is 26.1 Å². The van der Waals surface area contributed by atoms with Crippen LogP contribution in [0.15, 0.2) is 60.7 Å². The van der Waals surface area contributed by atoms with E-state index in [1.165, 1.54) is 44.9 Å². The van der Waals surface area contributed by atoms with Crippen molar-refractivity contribution in [3.8, 4) is 11.3 Å². The molecule has 0 radical (unpaired) electrons. The number of likely N-dealkylation sites (N-methyl/N-ethyl adjacent to an activating group) is 1. The number of carbonyl (C=O) groups is 3. The van der Waals surface area contributed by atoms with Crippen LogP contribution in [0.2, 0.25) is 0 Å². The van der Waals surface area contributed by atoms with E-state index >= 15 is 4.79 Å². The summed E-state index contributed by atoms with van der Waals surface area (Å²) >= 11 is 0. The third-order valence-corrected chi connectivity index (χ3v) is 12.6. The molecular formula is C48H64N6O3. The van der Waals surface area contributed by atoms with Crippen LogP contribution in [0.4, 0.5) is 5.69 Å². The number of hydrogen-bond acceptors (Lipinski definition) is 5. The Kier molecular flexibility index (Phi) is 13.9. The molecule has 3 aliphatic rings. The molecule has 1 atom stereocenters. The molecule has 0 unspecified atom stereocenters. The van der Waals surface area contributed by atoms with Gasteiger partial charge in [-0.15, -0.1) is 0 Å². The molecule has 7 rings (SSSR count). The number of primary amides is 1. The summed E-state index contributed by atoms with van der Waals surface area (Å²) in [5.74, 6) is 0.237. The number of aromatic nitrogens is 1. The van der Waals surface area contributed by atoms with Crippen molar-refractivity contribution in [2.45, 2.75) is 105 Å². The zero-order chi connectivity index (χ0) is 40.6. The van der Waals surface area contributed by atoms with Gasteiger partial charge in [-0.25, -0.2) is 0 Å². The monoisotopic (exact) mass is 773 g/mol. The number of anilines is 1.